The second kappa shape index (κ2) is 6.61. The molecule has 4 nitrogen and oxygen atoms in total. The van der Waals surface area contributed by atoms with Gasteiger partial charge in [0.15, 0.2) is 0 Å². The van der Waals surface area contributed by atoms with Gasteiger partial charge in [-0.15, -0.1) is 0 Å². The third-order valence-corrected chi connectivity index (χ3v) is 2.10. The molecule has 0 aromatic heterocycles. The minimum Gasteiger partial charge on any atom is -0.464 e. The van der Waals surface area contributed by atoms with Gasteiger partial charge in [-0.25, -0.2) is 4.79 Å². The summed E-state index contributed by atoms with van der Waals surface area (Å²) in [5.74, 6) is -0.410. The van der Waals surface area contributed by atoms with Crippen LogP contribution in [0.3, 0.4) is 0 Å². The lowest BCUT2D eigenvalue weighted by atomic mass is 10.2. The Morgan fingerprint density at radius 1 is 1.38 bits per heavy atom. The van der Waals surface area contributed by atoms with E-state index in [1.807, 2.05) is 18.2 Å². The number of esters is 1. The third-order valence-electron chi connectivity index (χ3n) is 2.10. The number of hydrogen-bond donors (Lipinski definition) is 1. The molecule has 0 saturated carbocycles. The largest absolute Gasteiger partial charge is 0.464 e. The minimum atomic E-state index is -0.410. The van der Waals surface area contributed by atoms with Gasteiger partial charge >= 0.3 is 5.97 Å². The lowest BCUT2D eigenvalue weighted by Crippen LogP contribution is -2.18. The fourth-order valence-electron chi connectivity index (χ4n) is 1.21. The second-order valence-corrected chi connectivity index (χ2v) is 3.33. The maximum atomic E-state index is 11.0. The summed E-state index contributed by atoms with van der Waals surface area (Å²) in [7, 11) is 1.34. The summed E-state index contributed by atoms with van der Waals surface area (Å²) in [6, 6.07) is 10.1. The molecule has 0 aliphatic heterocycles. The Morgan fingerprint density at radius 3 is 2.69 bits per heavy atom. The van der Waals surface area contributed by atoms with Gasteiger partial charge in [0.2, 0.25) is 0 Å². The van der Waals surface area contributed by atoms with E-state index in [1.165, 1.54) is 12.7 Å². The molecule has 0 radical (unpaired) electrons. The molecule has 0 saturated heterocycles. The number of nitrogens with one attached hydrogen (secondary N) is 1. The molecule has 1 N–H and O–H groups in total. The van der Waals surface area contributed by atoms with E-state index >= 15 is 0 Å². The van der Waals surface area contributed by atoms with Crippen molar-refractivity contribution in [3.63, 3.8) is 0 Å². The van der Waals surface area contributed by atoms with Crippen molar-refractivity contribution < 1.29 is 9.53 Å². The smallest absolute Gasteiger partial charge is 0.353 e. The van der Waals surface area contributed by atoms with E-state index in [4.69, 9.17) is 0 Å². The van der Waals surface area contributed by atoms with E-state index in [0.29, 0.717) is 12.3 Å². The molecular weight excluding hydrogens is 204 g/mol. The Hall–Kier alpha value is -1.84. The summed E-state index contributed by atoms with van der Waals surface area (Å²) in [4.78, 5) is 11.0. The summed E-state index contributed by atoms with van der Waals surface area (Å²) in [6.07, 6.45) is 0.874. The lowest BCUT2D eigenvalue weighted by molar-refractivity contribution is -0.132. The van der Waals surface area contributed by atoms with Gasteiger partial charge in [0.1, 0.15) is 5.71 Å². The summed E-state index contributed by atoms with van der Waals surface area (Å²) in [5, 5.41) is 3.90. The highest BCUT2D eigenvalue weighted by Crippen LogP contribution is 1.97. The van der Waals surface area contributed by atoms with Gasteiger partial charge in [-0.1, -0.05) is 30.3 Å². The maximum absolute atomic E-state index is 11.0. The van der Waals surface area contributed by atoms with E-state index in [9.17, 15) is 4.79 Å². The number of hydrogen-bond acceptors (Lipinski definition) is 4. The van der Waals surface area contributed by atoms with Crippen molar-refractivity contribution in [2.45, 2.75) is 13.3 Å². The van der Waals surface area contributed by atoms with Crippen molar-refractivity contribution in [2.75, 3.05) is 13.7 Å². The van der Waals surface area contributed by atoms with Crippen LogP contribution in [0, 0.1) is 0 Å². The first-order chi connectivity index (χ1) is 7.74. The SMILES string of the molecule is COC(=O)C(C)=NNCCc1ccccc1. The molecule has 0 bridgehead atoms. The van der Waals surface area contributed by atoms with Gasteiger partial charge < -0.3 is 10.2 Å². The van der Waals surface area contributed by atoms with Crippen LogP contribution >= 0.6 is 0 Å². The zero-order chi connectivity index (χ0) is 11.8. The van der Waals surface area contributed by atoms with Gasteiger partial charge in [-0.05, 0) is 18.9 Å². The van der Waals surface area contributed by atoms with Crippen LogP contribution in [0.2, 0.25) is 0 Å². The second-order valence-electron chi connectivity index (χ2n) is 3.33. The molecule has 16 heavy (non-hydrogen) atoms. The maximum Gasteiger partial charge on any atom is 0.353 e. The van der Waals surface area contributed by atoms with Gasteiger partial charge in [0.05, 0.1) is 7.11 Å². The van der Waals surface area contributed by atoms with Crippen molar-refractivity contribution in [2.24, 2.45) is 5.10 Å². The average molecular weight is 220 g/mol. The molecule has 1 aromatic rings. The van der Waals surface area contributed by atoms with Gasteiger partial charge in [0.25, 0.3) is 0 Å². The molecule has 0 aliphatic carbocycles. The summed E-state index contributed by atoms with van der Waals surface area (Å²) >= 11 is 0. The first kappa shape index (κ1) is 12.2. The van der Waals surface area contributed by atoms with E-state index in [1.54, 1.807) is 6.92 Å². The Labute approximate surface area is 95.3 Å². The van der Waals surface area contributed by atoms with Crippen LogP contribution in [-0.2, 0) is 16.0 Å². The van der Waals surface area contributed by atoms with Crippen molar-refractivity contribution in [1.82, 2.24) is 5.43 Å². The van der Waals surface area contributed by atoms with E-state index in [2.05, 4.69) is 27.4 Å². The van der Waals surface area contributed by atoms with Crippen LogP contribution in [-0.4, -0.2) is 25.3 Å². The predicted molar refractivity (Wildman–Crippen MR) is 63.3 cm³/mol. The molecule has 0 heterocycles. The predicted octanol–water partition coefficient (Wildman–Crippen LogP) is 1.37. The fraction of sp³-hybridized carbons (Fsp3) is 0.333. The van der Waals surface area contributed by atoms with Crippen molar-refractivity contribution in [3.8, 4) is 0 Å². The van der Waals surface area contributed by atoms with Crippen LogP contribution in [0.1, 0.15) is 12.5 Å². The fourth-order valence-corrected chi connectivity index (χ4v) is 1.21. The first-order valence-corrected chi connectivity index (χ1v) is 5.13. The number of hydrazone groups is 1. The highest BCUT2D eigenvalue weighted by molar-refractivity contribution is 6.35. The Balaban J connectivity index is 2.29. The van der Waals surface area contributed by atoms with Crippen LogP contribution < -0.4 is 5.43 Å². The lowest BCUT2D eigenvalue weighted by Gasteiger charge is -2.02. The van der Waals surface area contributed by atoms with Crippen molar-refractivity contribution in [1.29, 1.82) is 0 Å². The van der Waals surface area contributed by atoms with Crippen molar-refractivity contribution >= 4 is 11.7 Å². The zero-order valence-corrected chi connectivity index (χ0v) is 9.56. The van der Waals surface area contributed by atoms with E-state index in [0.717, 1.165) is 6.42 Å². The molecule has 0 spiro atoms. The summed E-state index contributed by atoms with van der Waals surface area (Å²) in [5.41, 5.74) is 4.40. The Morgan fingerprint density at radius 2 is 2.06 bits per heavy atom. The number of carbonyl (C=O) groups excluding carboxylic acids is 1. The molecule has 0 amide bonds. The Kier molecular flexibility index (Phi) is 5.05. The zero-order valence-electron chi connectivity index (χ0n) is 9.56. The van der Waals surface area contributed by atoms with Gasteiger partial charge in [0, 0.05) is 6.54 Å². The van der Waals surface area contributed by atoms with Gasteiger partial charge in [-0.2, -0.15) is 5.10 Å². The standard InChI is InChI=1S/C12H16N2O2/c1-10(12(15)16-2)14-13-9-8-11-6-4-3-5-7-11/h3-7,13H,8-9H2,1-2H3. The number of carbonyl (C=O) groups is 1. The number of ether oxygens (including phenoxy) is 1. The molecule has 0 aliphatic rings. The van der Waals surface area contributed by atoms with Crippen LogP contribution in [0.5, 0.6) is 0 Å². The molecular formula is C12H16N2O2. The van der Waals surface area contributed by atoms with Crippen LogP contribution in [0.25, 0.3) is 0 Å². The molecule has 1 aromatic carbocycles. The quantitative estimate of drug-likeness (QED) is 0.353. The molecule has 0 fully saturated rings. The summed E-state index contributed by atoms with van der Waals surface area (Å²) < 4.78 is 4.52. The Bertz CT molecular complexity index is 361. The minimum absolute atomic E-state index is 0.329. The number of methoxy groups -OCH3 is 1. The normalized spacial score (nSPS) is 11.0. The molecule has 86 valence electrons. The van der Waals surface area contributed by atoms with Crippen LogP contribution in [0.15, 0.2) is 35.4 Å². The topological polar surface area (TPSA) is 50.7 Å². The molecule has 0 unspecified atom stereocenters. The number of benzene rings is 1. The number of rotatable bonds is 5. The van der Waals surface area contributed by atoms with Crippen molar-refractivity contribution in [3.05, 3.63) is 35.9 Å². The van der Waals surface area contributed by atoms with Gasteiger partial charge in [-0.3, -0.25) is 0 Å². The molecule has 1 rings (SSSR count). The third kappa shape index (κ3) is 4.13. The highest BCUT2D eigenvalue weighted by atomic mass is 16.5. The number of nitrogens with zero attached hydrogens (tertiary/aromatic N) is 1. The summed E-state index contributed by atoms with van der Waals surface area (Å²) in [6.45, 7) is 2.31. The molecule has 0 atom stereocenters. The molecule has 4 heteroatoms. The monoisotopic (exact) mass is 220 g/mol. The van der Waals surface area contributed by atoms with E-state index in [-0.39, 0.29) is 0 Å². The highest BCUT2D eigenvalue weighted by Gasteiger charge is 2.03. The first-order valence-electron chi connectivity index (χ1n) is 5.13. The van der Waals surface area contributed by atoms with E-state index < -0.39 is 5.97 Å². The average Bonchev–Trinajstić information content (AvgIpc) is 2.34. The van der Waals surface area contributed by atoms with Crippen LogP contribution in [0.4, 0.5) is 0 Å².